The van der Waals surface area contributed by atoms with Gasteiger partial charge in [-0.1, -0.05) is 52.8 Å². The Kier molecular flexibility index (Phi) is 4.30. The van der Waals surface area contributed by atoms with Crippen LogP contribution >= 0.6 is 0 Å². The average Bonchev–Trinajstić information content (AvgIpc) is 2.33. The fourth-order valence-electron chi connectivity index (χ4n) is 1.37. The van der Waals surface area contributed by atoms with E-state index in [0.717, 1.165) is 5.92 Å². The van der Waals surface area contributed by atoms with E-state index in [1.807, 2.05) is 0 Å². The molecule has 0 bridgehead atoms. The van der Waals surface area contributed by atoms with Crippen molar-refractivity contribution in [2.24, 2.45) is 11.8 Å². The highest BCUT2D eigenvalue weighted by Crippen LogP contribution is 2.27. The third-order valence-corrected chi connectivity index (χ3v) is 2.33. The second-order valence-corrected chi connectivity index (χ2v) is 3.94. The lowest BCUT2D eigenvalue weighted by Gasteiger charge is -2.04. The Morgan fingerprint density at radius 2 is 1.67 bits per heavy atom. The highest BCUT2D eigenvalue weighted by molar-refractivity contribution is 5.34. The zero-order chi connectivity index (χ0) is 8.43. The van der Waals surface area contributed by atoms with E-state index in [0.29, 0.717) is 5.92 Å². The maximum atomic E-state index is 2.37. The molecule has 0 amide bonds. The summed E-state index contributed by atoms with van der Waals surface area (Å²) in [5.41, 5.74) is 3.11. The van der Waals surface area contributed by atoms with Crippen LogP contribution in [0.2, 0.25) is 0 Å². The minimum Gasteiger partial charge on any atom is -0.0776 e. The van der Waals surface area contributed by atoms with E-state index in [1.54, 1.807) is 5.57 Å². The molecular weight excluding hydrogens is 144 g/mol. The summed E-state index contributed by atoms with van der Waals surface area (Å²) in [7, 11) is 0. The van der Waals surface area contributed by atoms with Crippen LogP contribution in [0.1, 0.15) is 41.5 Å². The van der Waals surface area contributed by atoms with Gasteiger partial charge >= 0.3 is 0 Å². The molecule has 0 fully saturated rings. The molecule has 12 heavy (non-hydrogen) atoms. The lowest BCUT2D eigenvalue weighted by molar-refractivity contribution is 0.751. The van der Waals surface area contributed by atoms with Gasteiger partial charge in [-0.25, -0.2) is 0 Å². The summed E-state index contributed by atoms with van der Waals surface area (Å²) < 4.78 is 0. The van der Waals surface area contributed by atoms with Crippen molar-refractivity contribution in [2.75, 3.05) is 0 Å². The lowest BCUT2D eigenvalue weighted by Crippen LogP contribution is -1.90. The van der Waals surface area contributed by atoms with E-state index in [-0.39, 0.29) is 7.43 Å². The van der Waals surface area contributed by atoms with Crippen molar-refractivity contribution < 1.29 is 0 Å². The van der Waals surface area contributed by atoms with Crippen LogP contribution < -0.4 is 0 Å². The highest BCUT2D eigenvalue weighted by Gasteiger charge is 2.11. The van der Waals surface area contributed by atoms with E-state index in [9.17, 15) is 0 Å². The van der Waals surface area contributed by atoms with Crippen LogP contribution in [0.3, 0.4) is 0 Å². The fourth-order valence-corrected chi connectivity index (χ4v) is 1.37. The van der Waals surface area contributed by atoms with E-state index in [1.165, 1.54) is 12.0 Å². The third-order valence-electron chi connectivity index (χ3n) is 2.33. The second-order valence-electron chi connectivity index (χ2n) is 3.94. The van der Waals surface area contributed by atoms with Crippen LogP contribution in [0.15, 0.2) is 23.3 Å². The van der Waals surface area contributed by atoms with Gasteiger partial charge in [0.05, 0.1) is 0 Å². The van der Waals surface area contributed by atoms with Gasteiger partial charge in [0.1, 0.15) is 0 Å². The van der Waals surface area contributed by atoms with E-state index < -0.39 is 0 Å². The van der Waals surface area contributed by atoms with Crippen molar-refractivity contribution in [3.8, 4) is 0 Å². The second kappa shape index (κ2) is 4.49. The first-order valence-corrected chi connectivity index (χ1v) is 4.51. The SMILES string of the molecule is C.CC(C)C1=CCC(C(C)C)=C1. The summed E-state index contributed by atoms with van der Waals surface area (Å²) in [5, 5.41) is 0. The number of hydrogen-bond acceptors (Lipinski definition) is 0. The van der Waals surface area contributed by atoms with E-state index in [2.05, 4.69) is 39.8 Å². The molecule has 0 aliphatic heterocycles. The molecule has 0 spiro atoms. The molecule has 0 heterocycles. The Morgan fingerprint density at radius 3 is 1.92 bits per heavy atom. The zero-order valence-electron chi connectivity index (χ0n) is 8.02. The van der Waals surface area contributed by atoms with Gasteiger partial charge in [-0.05, 0) is 23.8 Å². The normalized spacial score (nSPS) is 16.2. The molecule has 70 valence electrons. The molecule has 0 nitrogen and oxygen atoms in total. The predicted molar refractivity (Wildman–Crippen MR) is 57.2 cm³/mol. The van der Waals surface area contributed by atoms with Crippen LogP contribution in [-0.2, 0) is 0 Å². The van der Waals surface area contributed by atoms with Crippen LogP contribution in [0.5, 0.6) is 0 Å². The number of allylic oxidation sites excluding steroid dienone is 4. The van der Waals surface area contributed by atoms with Crippen molar-refractivity contribution in [1.82, 2.24) is 0 Å². The molecule has 0 aromatic rings. The minimum absolute atomic E-state index is 0. The molecule has 1 aliphatic carbocycles. The molecule has 0 saturated carbocycles. The summed E-state index contributed by atoms with van der Waals surface area (Å²) in [6.45, 7) is 9.04. The first-order valence-electron chi connectivity index (χ1n) is 4.51. The summed E-state index contributed by atoms with van der Waals surface area (Å²) >= 11 is 0. The standard InChI is InChI=1S/C11H18.CH4/c1-8(2)10-5-6-11(7-10)9(3)4;/h5,7-9H,6H2,1-4H3;1H4. The third kappa shape index (κ3) is 2.51. The van der Waals surface area contributed by atoms with Gasteiger partial charge in [-0.2, -0.15) is 0 Å². The first-order chi connectivity index (χ1) is 5.11. The van der Waals surface area contributed by atoms with Crippen LogP contribution in [0.4, 0.5) is 0 Å². The Balaban J connectivity index is 0.00000121. The molecule has 0 atom stereocenters. The average molecular weight is 166 g/mol. The van der Waals surface area contributed by atoms with Gasteiger partial charge in [-0.15, -0.1) is 0 Å². The van der Waals surface area contributed by atoms with Crippen molar-refractivity contribution in [3.63, 3.8) is 0 Å². The summed E-state index contributed by atoms with van der Waals surface area (Å²) in [4.78, 5) is 0. The van der Waals surface area contributed by atoms with Crippen LogP contribution in [0, 0.1) is 11.8 Å². The van der Waals surface area contributed by atoms with Crippen LogP contribution in [-0.4, -0.2) is 0 Å². The molecule has 0 N–H and O–H groups in total. The monoisotopic (exact) mass is 166 g/mol. The van der Waals surface area contributed by atoms with Gasteiger partial charge in [-0.3, -0.25) is 0 Å². The fraction of sp³-hybridized carbons (Fsp3) is 0.667. The highest BCUT2D eigenvalue weighted by atomic mass is 14.2. The van der Waals surface area contributed by atoms with Gasteiger partial charge in [0.25, 0.3) is 0 Å². The molecule has 1 aliphatic rings. The van der Waals surface area contributed by atoms with E-state index in [4.69, 9.17) is 0 Å². The molecule has 0 aromatic carbocycles. The molecule has 0 radical (unpaired) electrons. The van der Waals surface area contributed by atoms with Gasteiger partial charge in [0.2, 0.25) is 0 Å². The Labute approximate surface area is 77.4 Å². The summed E-state index contributed by atoms with van der Waals surface area (Å²) in [5.74, 6) is 1.42. The van der Waals surface area contributed by atoms with E-state index >= 15 is 0 Å². The number of hydrogen-bond donors (Lipinski definition) is 0. The Morgan fingerprint density at radius 1 is 1.08 bits per heavy atom. The number of rotatable bonds is 2. The van der Waals surface area contributed by atoms with Gasteiger partial charge in [0.15, 0.2) is 0 Å². The molecular formula is C12H22. The maximum Gasteiger partial charge on any atom is -0.0127 e. The predicted octanol–water partition coefficient (Wildman–Crippen LogP) is 4.19. The molecule has 0 heteroatoms. The van der Waals surface area contributed by atoms with Crippen molar-refractivity contribution in [2.45, 2.75) is 41.5 Å². The topological polar surface area (TPSA) is 0 Å². The Bertz CT molecular complexity index is 192. The quantitative estimate of drug-likeness (QED) is 0.577. The first kappa shape index (κ1) is 11.5. The molecule has 0 unspecified atom stereocenters. The summed E-state index contributed by atoms with van der Waals surface area (Å²) in [6, 6.07) is 0. The minimum atomic E-state index is 0. The molecule has 0 aromatic heterocycles. The zero-order valence-corrected chi connectivity index (χ0v) is 8.02. The Hall–Kier alpha value is -0.520. The lowest BCUT2D eigenvalue weighted by atomic mass is 10.0. The van der Waals surface area contributed by atoms with Crippen LogP contribution in [0.25, 0.3) is 0 Å². The maximum absolute atomic E-state index is 2.37. The van der Waals surface area contributed by atoms with Crippen molar-refractivity contribution >= 4 is 0 Å². The molecule has 0 saturated heterocycles. The van der Waals surface area contributed by atoms with Crippen molar-refractivity contribution in [3.05, 3.63) is 23.3 Å². The van der Waals surface area contributed by atoms with Gasteiger partial charge in [0, 0.05) is 0 Å². The van der Waals surface area contributed by atoms with Gasteiger partial charge < -0.3 is 0 Å². The largest absolute Gasteiger partial charge is 0.0776 e. The summed E-state index contributed by atoms with van der Waals surface area (Å²) in [6.07, 6.45) is 5.92. The molecule has 1 rings (SSSR count). The smallest absolute Gasteiger partial charge is 0.0127 e. The van der Waals surface area contributed by atoms with Crippen molar-refractivity contribution in [1.29, 1.82) is 0 Å².